The summed E-state index contributed by atoms with van der Waals surface area (Å²) in [6, 6.07) is 9.38. The number of hydrogen-bond donors (Lipinski definition) is 1. The third-order valence-electron chi connectivity index (χ3n) is 3.77. The van der Waals surface area contributed by atoms with E-state index in [4.69, 9.17) is 0 Å². The lowest BCUT2D eigenvalue weighted by atomic mass is 9.85. The Balaban J connectivity index is 2.37. The fraction of sp³-hybridized carbons (Fsp3) is 0.647. The van der Waals surface area contributed by atoms with Crippen molar-refractivity contribution in [2.75, 3.05) is 18.0 Å². The van der Waals surface area contributed by atoms with Crippen LogP contribution >= 0.6 is 0 Å². The number of benzene rings is 1. The van der Waals surface area contributed by atoms with E-state index in [0.717, 1.165) is 13.1 Å². The molecule has 0 spiro atoms. The van der Waals surface area contributed by atoms with E-state index in [-0.39, 0.29) is 11.0 Å². The van der Waals surface area contributed by atoms with Crippen molar-refractivity contribution in [3.63, 3.8) is 0 Å². The van der Waals surface area contributed by atoms with Crippen molar-refractivity contribution in [3.05, 3.63) is 29.8 Å². The highest BCUT2D eigenvalue weighted by Crippen LogP contribution is 2.33. The Bertz CT molecular complexity index is 443. The van der Waals surface area contributed by atoms with Crippen molar-refractivity contribution in [1.82, 2.24) is 5.32 Å². The van der Waals surface area contributed by atoms with Crippen LogP contribution in [-0.4, -0.2) is 24.7 Å². The van der Waals surface area contributed by atoms with Gasteiger partial charge in [0.1, 0.15) is 0 Å². The number of nitrogens with one attached hydrogen (secondary N) is 1. The lowest BCUT2D eigenvalue weighted by Crippen LogP contribution is -2.61. The molecule has 19 heavy (non-hydrogen) atoms. The molecular formula is C17H28N2. The summed E-state index contributed by atoms with van der Waals surface area (Å²) in [5.74, 6) is 0. The van der Waals surface area contributed by atoms with Crippen LogP contribution in [0.2, 0.25) is 0 Å². The summed E-state index contributed by atoms with van der Waals surface area (Å²) < 4.78 is 0. The number of nitrogens with zero attached hydrogens (tertiary/aromatic N) is 1. The van der Waals surface area contributed by atoms with Crippen molar-refractivity contribution in [2.24, 2.45) is 0 Å². The van der Waals surface area contributed by atoms with Gasteiger partial charge in [-0.2, -0.15) is 0 Å². The Kier molecular flexibility index (Phi) is 3.65. The summed E-state index contributed by atoms with van der Waals surface area (Å²) in [7, 11) is 0. The van der Waals surface area contributed by atoms with Crippen molar-refractivity contribution in [1.29, 1.82) is 0 Å². The predicted octanol–water partition coefficient (Wildman–Crippen LogP) is 3.56. The second kappa shape index (κ2) is 4.82. The number of piperazine rings is 1. The monoisotopic (exact) mass is 260 g/mol. The van der Waals surface area contributed by atoms with Crippen LogP contribution < -0.4 is 10.2 Å². The van der Waals surface area contributed by atoms with Gasteiger partial charge >= 0.3 is 0 Å². The zero-order valence-electron chi connectivity index (χ0n) is 13.2. The summed E-state index contributed by atoms with van der Waals surface area (Å²) >= 11 is 0. The summed E-state index contributed by atoms with van der Waals surface area (Å²) in [5, 5.41) is 3.67. The van der Waals surface area contributed by atoms with E-state index in [0.29, 0.717) is 6.04 Å². The Morgan fingerprint density at radius 2 is 1.84 bits per heavy atom. The first kappa shape index (κ1) is 14.4. The van der Waals surface area contributed by atoms with Crippen LogP contribution in [0.5, 0.6) is 0 Å². The molecule has 0 aliphatic carbocycles. The maximum atomic E-state index is 3.67. The van der Waals surface area contributed by atoms with Crippen LogP contribution in [0.1, 0.15) is 47.1 Å². The minimum atomic E-state index is 0.169. The maximum Gasteiger partial charge on any atom is 0.0405 e. The quantitative estimate of drug-likeness (QED) is 0.830. The van der Waals surface area contributed by atoms with Crippen LogP contribution in [0.4, 0.5) is 5.69 Å². The van der Waals surface area contributed by atoms with Crippen LogP contribution in [0, 0.1) is 0 Å². The zero-order valence-corrected chi connectivity index (χ0v) is 13.2. The first-order chi connectivity index (χ1) is 8.69. The number of rotatable bonds is 1. The van der Waals surface area contributed by atoms with Crippen molar-refractivity contribution in [3.8, 4) is 0 Å². The number of para-hydroxylation sites is 1. The zero-order chi connectivity index (χ0) is 14.3. The van der Waals surface area contributed by atoms with Crippen LogP contribution in [0.15, 0.2) is 24.3 Å². The van der Waals surface area contributed by atoms with Gasteiger partial charge in [-0.3, -0.25) is 0 Å². The molecule has 0 amide bonds. The molecule has 0 saturated carbocycles. The molecule has 2 nitrogen and oxygen atoms in total. The fourth-order valence-electron chi connectivity index (χ4n) is 3.20. The molecule has 2 heteroatoms. The molecule has 0 aromatic heterocycles. The topological polar surface area (TPSA) is 15.3 Å². The molecule has 1 saturated heterocycles. The van der Waals surface area contributed by atoms with E-state index in [2.05, 4.69) is 76.0 Å². The van der Waals surface area contributed by atoms with Gasteiger partial charge in [0.2, 0.25) is 0 Å². The molecular weight excluding hydrogens is 232 g/mol. The molecule has 1 heterocycles. The minimum Gasteiger partial charge on any atom is -0.368 e. The van der Waals surface area contributed by atoms with Gasteiger partial charge in [-0.05, 0) is 37.8 Å². The largest absolute Gasteiger partial charge is 0.368 e. The average Bonchev–Trinajstić information content (AvgIpc) is 2.25. The van der Waals surface area contributed by atoms with Crippen LogP contribution in [0.3, 0.4) is 0 Å². The highest BCUT2D eigenvalue weighted by atomic mass is 15.2. The maximum absolute atomic E-state index is 3.67. The van der Waals surface area contributed by atoms with E-state index in [1.165, 1.54) is 11.3 Å². The van der Waals surface area contributed by atoms with Gasteiger partial charge in [0.25, 0.3) is 0 Å². The normalized spacial score (nSPS) is 23.5. The summed E-state index contributed by atoms with van der Waals surface area (Å²) in [5.41, 5.74) is 3.20. The summed E-state index contributed by atoms with van der Waals surface area (Å²) in [6.07, 6.45) is 0. The fourth-order valence-corrected chi connectivity index (χ4v) is 3.20. The van der Waals surface area contributed by atoms with Gasteiger partial charge in [-0.25, -0.2) is 0 Å². The van der Waals surface area contributed by atoms with E-state index >= 15 is 0 Å². The van der Waals surface area contributed by atoms with Crippen LogP contribution in [0.25, 0.3) is 0 Å². The van der Waals surface area contributed by atoms with Gasteiger partial charge in [0.05, 0.1) is 0 Å². The molecule has 2 rings (SSSR count). The molecule has 0 bridgehead atoms. The summed E-state index contributed by atoms with van der Waals surface area (Å²) in [4.78, 5) is 2.54. The van der Waals surface area contributed by atoms with Gasteiger partial charge < -0.3 is 10.2 Å². The second-order valence-electron chi connectivity index (χ2n) is 7.58. The van der Waals surface area contributed by atoms with Crippen LogP contribution in [-0.2, 0) is 5.41 Å². The molecule has 1 atom stereocenters. The molecule has 1 N–H and O–H groups in total. The number of hydrogen-bond acceptors (Lipinski definition) is 2. The Morgan fingerprint density at radius 3 is 2.42 bits per heavy atom. The molecule has 1 aliphatic rings. The van der Waals surface area contributed by atoms with Gasteiger partial charge in [-0.1, -0.05) is 39.0 Å². The van der Waals surface area contributed by atoms with E-state index in [1.807, 2.05) is 0 Å². The van der Waals surface area contributed by atoms with Gasteiger partial charge in [-0.15, -0.1) is 0 Å². The molecule has 1 aromatic carbocycles. The highest BCUT2D eigenvalue weighted by molar-refractivity contribution is 5.57. The smallest absolute Gasteiger partial charge is 0.0405 e. The first-order valence-electron chi connectivity index (χ1n) is 7.31. The Morgan fingerprint density at radius 1 is 1.21 bits per heavy atom. The van der Waals surface area contributed by atoms with Gasteiger partial charge in [0.15, 0.2) is 0 Å². The van der Waals surface area contributed by atoms with Crippen molar-refractivity contribution in [2.45, 2.75) is 58.5 Å². The molecule has 1 aromatic rings. The molecule has 1 fully saturated rings. The standard InChI is InChI=1S/C17H28N2/c1-13-11-19(12-17(5,6)18-13)15-10-8-7-9-14(15)16(2,3)4/h7-10,13,18H,11-12H2,1-6H3. The van der Waals surface area contributed by atoms with Gasteiger partial charge in [0, 0.05) is 30.4 Å². The Hall–Kier alpha value is -1.02. The Labute approximate surface area is 118 Å². The van der Waals surface area contributed by atoms with E-state index in [1.54, 1.807) is 0 Å². The van der Waals surface area contributed by atoms with E-state index in [9.17, 15) is 0 Å². The minimum absolute atomic E-state index is 0.169. The van der Waals surface area contributed by atoms with Crippen molar-refractivity contribution >= 4 is 5.69 Å². The third-order valence-corrected chi connectivity index (χ3v) is 3.77. The molecule has 0 radical (unpaired) electrons. The lowest BCUT2D eigenvalue weighted by molar-refractivity contribution is 0.300. The highest BCUT2D eigenvalue weighted by Gasteiger charge is 2.31. The second-order valence-corrected chi connectivity index (χ2v) is 7.58. The number of anilines is 1. The van der Waals surface area contributed by atoms with Crippen molar-refractivity contribution < 1.29 is 0 Å². The molecule has 106 valence electrons. The summed E-state index contributed by atoms with van der Waals surface area (Å²) in [6.45, 7) is 15.9. The lowest BCUT2D eigenvalue weighted by Gasteiger charge is -2.45. The predicted molar refractivity (Wildman–Crippen MR) is 84.0 cm³/mol. The third kappa shape index (κ3) is 3.30. The first-order valence-corrected chi connectivity index (χ1v) is 7.31. The SMILES string of the molecule is CC1CN(c2ccccc2C(C)(C)C)CC(C)(C)N1. The molecule has 1 aliphatic heterocycles. The average molecular weight is 260 g/mol. The molecule has 1 unspecified atom stereocenters. The van der Waals surface area contributed by atoms with E-state index < -0.39 is 0 Å².